The smallest absolute Gasteiger partial charge is 0.408 e. The molecule has 0 unspecified atom stereocenters. The first-order chi connectivity index (χ1) is 11.7. The van der Waals surface area contributed by atoms with E-state index in [9.17, 15) is 9.59 Å². The normalized spacial score (nSPS) is 15.0. The van der Waals surface area contributed by atoms with Gasteiger partial charge < -0.3 is 14.2 Å². The number of aromatic amines is 1. The average molecular weight is 325 g/mol. The molecule has 0 radical (unpaired) electrons. The van der Waals surface area contributed by atoms with Gasteiger partial charge in [0.1, 0.15) is 5.69 Å². The number of amides is 1. The van der Waals surface area contributed by atoms with Crippen molar-refractivity contribution in [2.24, 2.45) is 0 Å². The predicted octanol–water partition coefficient (Wildman–Crippen LogP) is 0.873. The molecule has 0 spiro atoms. The molecule has 4 rings (SSSR count). The van der Waals surface area contributed by atoms with E-state index in [1.165, 1.54) is 12.4 Å². The highest BCUT2D eigenvalue weighted by molar-refractivity contribution is 5.92. The second kappa shape index (κ2) is 5.80. The summed E-state index contributed by atoms with van der Waals surface area (Å²) in [5.41, 5.74) is 2.57. The molecule has 122 valence electrons. The van der Waals surface area contributed by atoms with Crippen molar-refractivity contribution in [1.29, 1.82) is 0 Å². The zero-order valence-corrected chi connectivity index (χ0v) is 12.8. The van der Waals surface area contributed by atoms with E-state index in [0.29, 0.717) is 43.0 Å². The van der Waals surface area contributed by atoms with E-state index >= 15 is 0 Å². The molecule has 1 N–H and O–H groups in total. The average Bonchev–Trinajstić information content (AvgIpc) is 3.01. The fourth-order valence-electron chi connectivity index (χ4n) is 2.88. The van der Waals surface area contributed by atoms with Crippen LogP contribution in [0.5, 0.6) is 0 Å². The fourth-order valence-corrected chi connectivity index (χ4v) is 2.88. The number of piperazine rings is 1. The highest BCUT2D eigenvalue weighted by Gasteiger charge is 2.23. The largest absolute Gasteiger partial charge is 0.417 e. The fraction of sp³-hybridized carbons (Fsp3) is 0.250. The lowest BCUT2D eigenvalue weighted by Gasteiger charge is -2.35. The maximum atomic E-state index is 12.4. The summed E-state index contributed by atoms with van der Waals surface area (Å²) in [4.78, 5) is 38.2. The maximum Gasteiger partial charge on any atom is 0.417 e. The summed E-state index contributed by atoms with van der Waals surface area (Å²) in [5.74, 6) is -0.557. The van der Waals surface area contributed by atoms with Crippen LogP contribution in [0.4, 0.5) is 5.69 Å². The molecule has 0 bridgehead atoms. The molecule has 1 aromatic carbocycles. The van der Waals surface area contributed by atoms with Gasteiger partial charge in [-0.05, 0) is 18.2 Å². The van der Waals surface area contributed by atoms with E-state index < -0.39 is 5.76 Å². The zero-order valence-electron chi connectivity index (χ0n) is 12.8. The van der Waals surface area contributed by atoms with Crippen LogP contribution in [0.15, 0.2) is 46.0 Å². The number of aromatic nitrogens is 3. The summed E-state index contributed by atoms with van der Waals surface area (Å²) < 4.78 is 5.01. The van der Waals surface area contributed by atoms with Crippen LogP contribution in [0.25, 0.3) is 11.1 Å². The van der Waals surface area contributed by atoms with Gasteiger partial charge in [-0.15, -0.1) is 0 Å². The molecule has 1 fully saturated rings. The molecule has 1 aliphatic heterocycles. The van der Waals surface area contributed by atoms with Crippen LogP contribution in [-0.2, 0) is 0 Å². The third-order valence-corrected chi connectivity index (χ3v) is 4.12. The second-order valence-electron chi connectivity index (χ2n) is 5.56. The van der Waals surface area contributed by atoms with Crippen molar-refractivity contribution in [1.82, 2.24) is 19.9 Å². The lowest BCUT2D eigenvalue weighted by atomic mass is 10.2. The Labute approximate surface area is 136 Å². The van der Waals surface area contributed by atoms with Crippen LogP contribution in [0.2, 0.25) is 0 Å². The minimum atomic E-state index is -0.457. The summed E-state index contributed by atoms with van der Waals surface area (Å²) in [6.45, 7) is 2.63. The highest BCUT2D eigenvalue weighted by atomic mass is 16.4. The number of oxazole rings is 1. The van der Waals surface area contributed by atoms with E-state index in [0.717, 1.165) is 5.69 Å². The number of H-pyrrole nitrogens is 1. The Balaban J connectivity index is 1.47. The number of rotatable bonds is 2. The van der Waals surface area contributed by atoms with Crippen molar-refractivity contribution < 1.29 is 9.21 Å². The number of benzene rings is 1. The third kappa shape index (κ3) is 2.62. The lowest BCUT2D eigenvalue weighted by molar-refractivity contribution is 0.0740. The standard InChI is InChI=1S/C16H15N5O3/c22-15(13-10-17-3-4-18-13)21-7-5-20(6-8-21)11-1-2-14-12(9-11)19-16(23)24-14/h1-4,9-10H,5-8H2,(H,19,23). The molecule has 0 aliphatic carbocycles. The number of carbonyl (C=O) groups excluding carboxylic acids is 1. The van der Waals surface area contributed by atoms with Crippen molar-refractivity contribution >= 4 is 22.7 Å². The Morgan fingerprint density at radius 2 is 2.00 bits per heavy atom. The Morgan fingerprint density at radius 1 is 1.17 bits per heavy atom. The van der Waals surface area contributed by atoms with Crippen LogP contribution in [0.1, 0.15) is 10.5 Å². The van der Waals surface area contributed by atoms with Gasteiger partial charge in [0, 0.05) is 44.3 Å². The van der Waals surface area contributed by atoms with Crippen LogP contribution < -0.4 is 10.7 Å². The van der Waals surface area contributed by atoms with Crippen molar-refractivity contribution in [2.75, 3.05) is 31.1 Å². The minimum absolute atomic E-state index is 0.0997. The molecule has 24 heavy (non-hydrogen) atoms. The molecule has 1 amide bonds. The third-order valence-electron chi connectivity index (χ3n) is 4.12. The van der Waals surface area contributed by atoms with E-state index in [2.05, 4.69) is 19.9 Å². The van der Waals surface area contributed by atoms with E-state index in [1.807, 2.05) is 12.1 Å². The molecule has 2 aromatic heterocycles. The Hall–Kier alpha value is -3.16. The van der Waals surface area contributed by atoms with E-state index in [4.69, 9.17) is 4.42 Å². The van der Waals surface area contributed by atoms with E-state index in [-0.39, 0.29) is 5.91 Å². The summed E-state index contributed by atoms with van der Waals surface area (Å²) in [6.07, 6.45) is 4.55. The van der Waals surface area contributed by atoms with Crippen molar-refractivity contribution in [2.45, 2.75) is 0 Å². The molecule has 8 heteroatoms. The number of nitrogens with one attached hydrogen (secondary N) is 1. The van der Waals surface area contributed by atoms with Crippen molar-refractivity contribution in [3.63, 3.8) is 0 Å². The number of hydrogen-bond donors (Lipinski definition) is 1. The first kappa shape index (κ1) is 14.4. The molecule has 3 aromatic rings. The van der Waals surface area contributed by atoms with Crippen LogP contribution in [-0.4, -0.2) is 51.9 Å². The Bertz CT molecular complexity index is 926. The van der Waals surface area contributed by atoms with Gasteiger partial charge in [-0.2, -0.15) is 0 Å². The predicted molar refractivity (Wildman–Crippen MR) is 87.0 cm³/mol. The van der Waals surface area contributed by atoms with Gasteiger partial charge in [-0.1, -0.05) is 0 Å². The summed E-state index contributed by atoms with van der Waals surface area (Å²) >= 11 is 0. The first-order valence-corrected chi connectivity index (χ1v) is 7.64. The molecule has 8 nitrogen and oxygen atoms in total. The first-order valence-electron chi connectivity index (χ1n) is 7.64. The Morgan fingerprint density at radius 3 is 2.75 bits per heavy atom. The van der Waals surface area contributed by atoms with Gasteiger partial charge in [0.25, 0.3) is 5.91 Å². The lowest BCUT2D eigenvalue weighted by Crippen LogP contribution is -2.49. The molecule has 1 aliphatic rings. The number of hydrogen-bond acceptors (Lipinski definition) is 6. The van der Waals surface area contributed by atoms with Crippen LogP contribution in [0.3, 0.4) is 0 Å². The molecule has 0 saturated carbocycles. The van der Waals surface area contributed by atoms with Crippen LogP contribution >= 0.6 is 0 Å². The number of fused-ring (bicyclic) bond motifs is 1. The molecular formula is C16H15N5O3. The topological polar surface area (TPSA) is 95.3 Å². The molecular weight excluding hydrogens is 310 g/mol. The molecule has 1 saturated heterocycles. The maximum absolute atomic E-state index is 12.4. The SMILES string of the molecule is O=C(c1cnccn1)N1CCN(c2ccc3oc(=O)[nH]c3c2)CC1. The van der Waals surface area contributed by atoms with Gasteiger partial charge in [0.15, 0.2) is 5.58 Å². The van der Waals surface area contributed by atoms with Gasteiger partial charge in [0.2, 0.25) is 0 Å². The van der Waals surface area contributed by atoms with Gasteiger partial charge in [-0.3, -0.25) is 14.8 Å². The number of anilines is 1. The van der Waals surface area contributed by atoms with Crippen molar-refractivity contribution in [3.05, 3.63) is 53.0 Å². The molecule has 0 atom stereocenters. The van der Waals surface area contributed by atoms with Gasteiger partial charge >= 0.3 is 5.76 Å². The summed E-state index contributed by atoms with van der Waals surface area (Å²) in [5, 5.41) is 0. The van der Waals surface area contributed by atoms with E-state index in [1.54, 1.807) is 17.2 Å². The van der Waals surface area contributed by atoms with Gasteiger partial charge in [0.05, 0.1) is 11.7 Å². The quantitative estimate of drug-likeness (QED) is 0.751. The monoisotopic (exact) mass is 325 g/mol. The van der Waals surface area contributed by atoms with Crippen molar-refractivity contribution in [3.8, 4) is 0 Å². The summed E-state index contributed by atoms with van der Waals surface area (Å²) in [6, 6.07) is 5.58. The van der Waals surface area contributed by atoms with Crippen LogP contribution in [0, 0.1) is 0 Å². The Kier molecular flexibility index (Phi) is 3.49. The second-order valence-corrected chi connectivity index (χ2v) is 5.56. The highest BCUT2D eigenvalue weighted by Crippen LogP contribution is 2.21. The zero-order chi connectivity index (χ0) is 16.5. The van der Waals surface area contributed by atoms with Gasteiger partial charge in [-0.25, -0.2) is 9.78 Å². The summed E-state index contributed by atoms with van der Waals surface area (Å²) in [7, 11) is 0. The minimum Gasteiger partial charge on any atom is -0.408 e. The molecule has 3 heterocycles. The number of nitrogens with zero attached hydrogens (tertiary/aromatic N) is 4. The number of carbonyl (C=O) groups is 1.